The number of thiocyanates is 1. The summed E-state index contributed by atoms with van der Waals surface area (Å²) in [6.07, 6.45) is 0.510. The lowest BCUT2D eigenvalue weighted by atomic mass is 10.6. The van der Waals surface area contributed by atoms with Crippen molar-refractivity contribution >= 4 is 9.84 Å². The summed E-state index contributed by atoms with van der Waals surface area (Å²) in [5, 5.41) is 9.10. The van der Waals surface area contributed by atoms with E-state index in [1.54, 1.807) is 6.92 Å². The van der Waals surface area contributed by atoms with Crippen LogP contribution in [0.4, 0.5) is 0 Å². The Morgan fingerprint density at radius 2 is 2.12 bits per heavy atom. The van der Waals surface area contributed by atoms with Gasteiger partial charge in [-0.25, -0.2) is 8.42 Å². The predicted molar refractivity (Wildman–Crippen MR) is 29.7 cm³/mol. The SMILES string of the molecule is CCCS(=O)(=O)C#N. The number of hydrogen-bond donors (Lipinski definition) is 0. The van der Waals surface area contributed by atoms with E-state index < -0.39 is 9.84 Å². The van der Waals surface area contributed by atoms with Crippen molar-refractivity contribution in [2.75, 3.05) is 5.75 Å². The maximum absolute atomic E-state index is 10.2. The van der Waals surface area contributed by atoms with Crippen molar-refractivity contribution in [1.82, 2.24) is 0 Å². The van der Waals surface area contributed by atoms with E-state index in [1.807, 2.05) is 0 Å². The third kappa shape index (κ3) is 2.59. The zero-order valence-electron chi connectivity index (χ0n) is 4.59. The first kappa shape index (κ1) is 7.44. The molecule has 8 heavy (non-hydrogen) atoms. The molecule has 0 saturated heterocycles. The van der Waals surface area contributed by atoms with Gasteiger partial charge < -0.3 is 0 Å². The lowest BCUT2D eigenvalue weighted by Crippen LogP contribution is -1.99. The molecule has 0 fully saturated rings. The summed E-state index contributed by atoms with van der Waals surface area (Å²) < 4.78 is 20.5. The van der Waals surface area contributed by atoms with Crippen LogP contribution < -0.4 is 0 Å². The molecule has 0 atom stereocenters. The summed E-state index contributed by atoms with van der Waals surface area (Å²) in [4.78, 5) is 0. The van der Waals surface area contributed by atoms with Gasteiger partial charge in [0.15, 0.2) is 5.40 Å². The second kappa shape index (κ2) is 2.68. The number of nitrogens with zero attached hydrogens (tertiary/aromatic N) is 1. The molecule has 0 rings (SSSR count). The average molecular weight is 133 g/mol. The highest BCUT2D eigenvalue weighted by molar-refractivity contribution is 7.95. The van der Waals surface area contributed by atoms with Crippen LogP contribution in [0.1, 0.15) is 13.3 Å². The maximum atomic E-state index is 10.2. The van der Waals surface area contributed by atoms with Crippen molar-refractivity contribution in [2.45, 2.75) is 13.3 Å². The fourth-order valence-electron chi connectivity index (χ4n) is 0.314. The Labute approximate surface area is 48.9 Å². The smallest absolute Gasteiger partial charge is 0.213 e. The standard InChI is InChI=1S/C4H7NO2S/c1-2-3-8(6,7)4-5/h2-3H2,1H3. The molecule has 0 unspecified atom stereocenters. The van der Waals surface area contributed by atoms with Gasteiger partial charge in [-0.2, -0.15) is 5.26 Å². The molecule has 0 bridgehead atoms. The second-order valence-electron chi connectivity index (χ2n) is 1.41. The van der Waals surface area contributed by atoms with Crippen molar-refractivity contribution in [1.29, 1.82) is 5.26 Å². The molecule has 46 valence electrons. The fraction of sp³-hybridized carbons (Fsp3) is 0.750. The Hall–Kier alpha value is -0.560. The zero-order chi connectivity index (χ0) is 6.62. The first-order valence-electron chi connectivity index (χ1n) is 2.26. The Morgan fingerprint density at radius 3 is 2.25 bits per heavy atom. The minimum atomic E-state index is -3.36. The number of hydrogen-bond acceptors (Lipinski definition) is 3. The van der Waals surface area contributed by atoms with Crippen LogP contribution in [0.25, 0.3) is 0 Å². The van der Waals surface area contributed by atoms with Gasteiger partial charge in [0, 0.05) is 0 Å². The molecule has 0 aliphatic carbocycles. The van der Waals surface area contributed by atoms with Gasteiger partial charge in [0.2, 0.25) is 9.84 Å². The van der Waals surface area contributed by atoms with E-state index in [9.17, 15) is 8.42 Å². The van der Waals surface area contributed by atoms with Crippen LogP contribution in [0.5, 0.6) is 0 Å². The van der Waals surface area contributed by atoms with Gasteiger partial charge in [-0.1, -0.05) is 6.92 Å². The summed E-state index contributed by atoms with van der Waals surface area (Å²) in [6, 6.07) is 0. The lowest BCUT2D eigenvalue weighted by Gasteiger charge is -1.84. The largest absolute Gasteiger partial charge is 0.241 e. The molecule has 3 nitrogen and oxygen atoms in total. The van der Waals surface area contributed by atoms with Gasteiger partial charge in [0.05, 0.1) is 5.75 Å². The van der Waals surface area contributed by atoms with Crippen LogP contribution in [-0.4, -0.2) is 14.2 Å². The molecule has 0 aromatic carbocycles. The maximum Gasteiger partial charge on any atom is 0.241 e. The summed E-state index contributed by atoms with van der Waals surface area (Å²) in [7, 11) is -3.36. The molecule has 0 saturated carbocycles. The minimum Gasteiger partial charge on any atom is -0.213 e. The van der Waals surface area contributed by atoms with E-state index >= 15 is 0 Å². The van der Waals surface area contributed by atoms with Crippen molar-refractivity contribution in [3.05, 3.63) is 0 Å². The highest BCUT2D eigenvalue weighted by Crippen LogP contribution is 1.88. The Kier molecular flexibility index (Phi) is 2.49. The van der Waals surface area contributed by atoms with Crippen LogP contribution >= 0.6 is 0 Å². The zero-order valence-corrected chi connectivity index (χ0v) is 5.40. The molecule has 4 heteroatoms. The fourth-order valence-corrected chi connectivity index (χ4v) is 0.943. The van der Waals surface area contributed by atoms with Gasteiger partial charge in [-0.3, -0.25) is 0 Å². The molecule has 0 N–H and O–H groups in total. The van der Waals surface area contributed by atoms with Gasteiger partial charge in [-0.05, 0) is 6.42 Å². The van der Waals surface area contributed by atoms with Crippen molar-refractivity contribution in [2.24, 2.45) is 0 Å². The monoisotopic (exact) mass is 133 g/mol. The Morgan fingerprint density at radius 1 is 1.62 bits per heavy atom. The first-order valence-corrected chi connectivity index (χ1v) is 3.91. The number of sulfone groups is 1. The third-order valence-corrected chi connectivity index (χ3v) is 1.84. The topological polar surface area (TPSA) is 57.9 Å². The minimum absolute atomic E-state index is 0.0243. The highest BCUT2D eigenvalue weighted by Gasteiger charge is 2.03. The van der Waals surface area contributed by atoms with E-state index in [0.717, 1.165) is 0 Å². The molecule has 0 spiro atoms. The summed E-state index contributed by atoms with van der Waals surface area (Å²) in [5.74, 6) is -0.0243. The summed E-state index contributed by atoms with van der Waals surface area (Å²) in [6.45, 7) is 1.72. The van der Waals surface area contributed by atoms with Crippen LogP contribution in [0.2, 0.25) is 0 Å². The van der Waals surface area contributed by atoms with Crippen molar-refractivity contribution in [3.63, 3.8) is 0 Å². The predicted octanol–water partition coefficient (Wildman–Crippen LogP) is 0.292. The molecule has 0 aromatic rings. The van der Waals surface area contributed by atoms with E-state index in [-0.39, 0.29) is 5.75 Å². The Balaban J connectivity index is 4.02. The average Bonchev–Trinajstić information content (AvgIpc) is 1.67. The van der Waals surface area contributed by atoms with Gasteiger partial charge >= 0.3 is 0 Å². The molecule has 0 aliphatic heterocycles. The molecule has 0 heterocycles. The van der Waals surface area contributed by atoms with Crippen LogP contribution in [0, 0.1) is 10.7 Å². The van der Waals surface area contributed by atoms with Crippen LogP contribution in [0.15, 0.2) is 0 Å². The Bertz CT molecular complexity index is 187. The summed E-state index contributed by atoms with van der Waals surface area (Å²) >= 11 is 0. The lowest BCUT2D eigenvalue weighted by molar-refractivity contribution is 0.604. The van der Waals surface area contributed by atoms with Gasteiger partial charge in [0.1, 0.15) is 0 Å². The van der Waals surface area contributed by atoms with Gasteiger partial charge in [0.25, 0.3) is 0 Å². The molecule has 0 radical (unpaired) electrons. The molecule has 0 aliphatic rings. The molecular formula is C4H7NO2S. The highest BCUT2D eigenvalue weighted by atomic mass is 32.2. The van der Waals surface area contributed by atoms with Crippen LogP contribution in [-0.2, 0) is 9.84 Å². The van der Waals surface area contributed by atoms with Crippen LogP contribution in [0.3, 0.4) is 0 Å². The van der Waals surface area contributed by atoms with Crippen molar-refractivity contribution < 1.29 is 8.42 Å². The summed E-state index contributed by atoms with van der Waals surface area (Å²) in [5.41, 5.74) is 0. The number of nitriles is 1. The number of rotatable bonds is 2. The molecule has 0 aromatic heterocycles. The van der Waals surface area contributed by atoms with E-state index in [1.165, 1.54) is 5.40 Å². The second-order valence-corrected chi connectivity index (χ2v) is 3.23. The molecular weight excluding hydrogens is 126 g/mol. The van der Waals surface area contributed by atoms with Gasteiger partial charge in [-0.15, -0.1) is 0 Å². The van der Waals surface area contributed by atoms with E-state index in [0.29, 0.717) is 6.42 Å². The van der Waals surface area contributed by atoms with E-state index in [2.05, 4.69) is 0 Å². The third-order valence-electron chi connectivity index (χ3n) is 0.612. The quantitative estimate of drug-likeness (QED) is 0.402. The molecule has 0 amide bonds. The first-order chi connectivity index (χ1) is 3.62. The van der Waals surface area contributed by atoms with Crippen molar-refractivity contribution in [3.8, 4) is 5.40 Å². The normalized spacial score (nSPS) is 10.5. The van der Waals surface area contributed by atoms with E-state index in [4.69, 9.17) is 5.26 Å².